The molecule has 32 heavy (non-hydrogen) atoms. The van der Waals surface area contributed by atoms with E-state index in [1.54, 1.807) is 24.3 Å². The van der Waals surface area contributed by atoms with Gasteiger partial charge in [-0.3, -0.25) is 0 Å². The Balaban J connectivity index is 2.38. The quantitative estimate of drug-likeness (QED) is 0.158. The van der Waals surface area contributed by atoms with Gasteiger partial charge in [-0.05, 0) is 31.4 Å². The smallest absolute Gasteiger partial charge is 0.339 e. The Morgan fingerprint density at radius 3 is 1.75 bits per heavy atom. The Morgan fingerprint density at radius 1 is 0.656 bits per heavy atom. The Kier molecular flexibility index (Phi) is 16.5. The number of hydrogen-bond donors (Lipinski definition) is 0. The number of hydrogen-bond acceptors (Lipinski definition) is 4. The minimum absolute atomic E-state index is 0.0943. The van der Waals surface area contributed by atoms with Crippen molar-refractivity contribution in [3.63, 3.8) is 0 Å². The van der Waals surface area contributed by atoms with Gasteiger partial charge < -0.3 is 9.47 Å². The molecule has 0 amide bonds. The van der Waals surface area contributed by atoms with Crippen LogP contribution in [-0.4, -0.2) is 24.6 Å². The topological polar surface area (TPSA) is 52.6 Å². The van der Waals surface area contributed by atoms with E-state index in [2.05, 4.69) is 20.8 Å². The molecule has 0 aliphatic carbocycles. The van der Waals surface area contributed by atoms with Crippen molar-refractivity contribution in [3.8, 4) is 0 Å². The van der Waals surface area contributed by atoms with Crippen LogP contribution in [0.5, 0.6) is 0 Å². The van der Waals surface area contributed by atoms with Crippen LogP contribution < -0.4 is 0 Å². The normalized spacial score (nSPS) is 11.8. The summed E-state index contributed by atoms with van der Waals surface area (Å²) in [5, 5.41) is 0. The van der Waals surface area contributed by atoms with E-state index in [0.29, 0.717) is 17.7 Å². The fourth-order valence-electron chi connectivity index (χ4n) is 3.90. The molecule has 0 aliphatic rings. The lowest BCUT2D eigenvalue weighted by atomic mass is 10.1. The molecule has 0 N–H and O–H groups in total. The molecule has 1 atom stereocenters. The van der Waals surface area contributed by atoms with Gasteiger partial charge in [0.25, 0.3) is 0 Å². The number of rotatable bonds is 19. The van der Waals surface area contributed by atoms with Gasteiger partial charge in [-0.2, -0.15) is 0 Å². The van der Waals surface area contributed by atoms with Crippen LogP contribution in [0.1, 0.15) is 138 Å². The first kappa shape index (κ1) is 28.2. The molecular weight excluding hydrogens is 400 g/mol. The largest absolute Gasteiger partial charge is 0.462 e. The maximum absolute atomic E-state index is 12.7. The zero-order valence-electron chi connectivity index (χ0n) is 20.8. The Hall–Kier alpha value is -1.84. The van der Waals surface area contributed by atoms with Crippen molar-refractivity contribution < 1.29 is 19.1 Å². The molecule has 0 radical (unpaired) electrons. The summed E-state index contributed by atoms with van der Waals surface area (Å²) < 4.78 is 11.2. The van der Waals surface area contributed by atoms with Gasteiger partial charge in [0.05, 0.1) is 17.7 Å². The van der Waals surface area contributed by atoms with Crippen molar-refractivity contribution in [3.05, 3.63) is 35.4 Å². The van der Waals surface area contributed by atoms with Gasteiger partial charge in [0.15, 0.2) is 0 Å². The van der Waals surface area contributed by atoms with Crippen LogP contribution >= 0.6 is 0 Å². The van der Waals surface area contributed by atoms with Crippen LogP contribution in [-0.2, 0) is 9.47 Å². The Bertz CT molecular complexity index is 626. The molecule has 182 valence electrons. The van der Waals surface area contributed by atoms with Crippen LogP contribution in [0.25, 0.3) is 0 Å². The molecule has 0 bridgehead atoms. The highest BCUT2D eigenvalue weighted by Gasteiger charge is 2.21. The van der Waals surface area contributed by atoms with Gasteiger partial charge in [0.1, 0.15) is 6.10 Å². The van der Waals surface area contributed by atoms with Crippen molar-refractivity contribution in [1.29, 1.82) is 0 Å². The standard InChI is InChI=1S/C28H46O4/c1-4-7-9-10-11-12-13-14-15-18-23-31-27(29)25-21-16-17-22-26(25)28(30)32-24(19-6-3)20-8-5-2/h16-17,21-22,24H,4-15,18-20,23H2,1-3H3. The first-order chi connectivity index (χ1) is 15.6. The number of benzene rings is 1. The number of carbonyl (C=O) groups excluding carboxylic acids is 2. The minimum Gasteiger partial charge on any atom is -0.462 e. The van der Waals surface area contributed by atoms with Crippen LogP contribution in [0, 0.1) is 0 Å². The molecule has 1 aromatic carbocycles. The molecule has 0 spiro atoms. The van der Waals surface area contributed by atoms with E-state index >= 15 is 0 Å². The fourth-order valence-corrected chi connectivity index (χ4v) is 3.90. The van der Waals surface area contributed by atoms with E-state index in [9.17, 15) is 9.59 Å². The lowest BCUT2D eigenvalue weighted by Gasteiger charge is -2.18. The molecule has 0 aromatic heterocycles. The first-order valence-corrected chi connectivity index (χ1v) is 13.1. The van der Waals surface area contributed by atoms with Gasteiger partial charge in [0, 0.05) is 0 Å². The summed E-state index contributed by atoms with van der Waals surface area (Å²) >= 11 is 0. The summed E-state index contributed by atoms with van der Waals surface area (Å²) in [6.07, 6.45) is 17.0. The summed E-state index contributed by atoms with van der Waals surface area (Å²) in [4.78, 5) is 25.3. The molecule has 4 heteroatoms. The van der Waals surface area contributed by atoms with Crippen molar-refractivity contribution >= 4 is 11.9 Å². The number of ether oxygens (including phenoxy) is 2. The zero-order chi connectivity index (χ0) is 23.4. The molecule has 4 nitrogen and oxygen atoms in total. The summed E-state index contributed by atoms with van der Waals surface area (Å²) in [6, 6.07) is 6.82. The monoisotopic (exact) mass is 446 g/mol. The second-order valence-corrected chi connectivity index (χ2v) is 8.82. The van der Waals surface area contributed by atoms with Gasteiger partial charge in [-0.1, -0.05) is 110 Å². The maximum atomic E-state index is 12.7. The third-order valence-corrected chi connectivity index (χ3v) is 5.86. The molecule has 0 saturated heterocycles. The zero-order valence-corrected chi connectivity index (χ0v) is 20.8. The average molecular weight is 447 g/mol. The number of unbranched alkanes of at least 4 members (excludes halogenated alkanes) is 10. The molecule has 0 aliphatic heterocycles. The van der Waals surface area contributed by atoms with Crippen molar-refractivity contribution in [2.24, 2.45) is 0 Å². The predicted octanol–water partition coefficient (Wildman–Crippen LogP) is 8.28. The Morgan fingerprint density at radius 2 is 1.19 bits per heavy atom. The van der Waals surface area contributed by atoms with E-state index in [1.807, 2.05) is 0 Å². The van der Waals surface area contributed by atoms with Crippen molar-refractivity contribution in [1.82, 2.24) is 0 Å². The molecule has 1 aromatic rings. The number of esters is 2. The van der Waals surface area contributed by atoms with Gasteiger partial charge in [-0.15, -0.1) is 0 Å². The molecule has 1 rings (SSSR count). The van der Waals surface area contributed by atoms with E-state index < -0.39 is 11.9 Å². The molecule has 0 fully saturated rings. The SMILES string of the molecule is CCCCCCCCCCCCOC(=O)c1ccccc1C(=O)OC(CCC)CCCC. The average Bonchev–Trinajstić information content (AvgIpc) is 2.81. The molecule has 0 heterocycles. The lowest BCUT2D eigenvalue weighted by Crippen LogP contribution is -2.21. The third-order valence-electron chi connectivity index (χ3n) is 5.86. The van der Waals surface area contributed by atoms with Gasteiger partial charge in [-0.25, -0.2) is 9.59 Å². The predicted molar refractivity (Wildman–Crippen MR) is 132 cm³/mol. The highest BCUT2D eigenvalue weighted by atomic mass is 16.5. The highest BCUT2D eigenvalue weighted by Crippen LogP contribution is 2.18. The molecule has 0 saturated carbocycles. The molecule has 1 unspecified atom stereocenters. The highest BCUT2D eigenvalue weighted by molar-refractivity contribution is 6.03. The van der Waals surface area contributed by atoms with E-state index in [1.165, 1.54) is 51.4 Å². The van der Waals surface area contributed by atoms with Gasteiger partial charge >= 0.3 is 11.9 Å². The fraction of sp³-hybridized carbons (Fsp3) is 0.714. The second kappa shape index (κ2) is 18.7. The number of carbonyl (C=O) groups is 2. The summed E-state index contributed by atoms with van der Waals surface area (Å²) in [7, 11) is 0. The van der Waals surface area contributed by atoms with Crippen LogP contribution in [0.2, 0.25) is 0 Å². The van der Waals surface area contributed by atoms with E-state index in [-0.39, 0.29) is 6.10 Å². The van der Waals surface area contributed by atoms with E-state index in [4.69, 9.17) is 9.47 Å². The first-order valence-electron chi connectivity index (χ1n) is 13.1. The summed E-state index contributed by atoms with van der Waals surface area (Å²) in [6.45, 7) is 6.86. The van der Waals surface area contributed by atoms with E-state index in [0.717, 1.165) is 44.9 Å². The van der Waals surface area contributed by atoms with Gasteiger partial charge in [0.2, 0.25) is 0 Å². The van der Waals surface area contributed by atoms with Crippen molar-refractivity contribution in [2.75, 3.05) is 6.61 Å². The maximum Gasteiger partial charge on any atom is 0.339 e. The lowest BCUT2D eigenvalue weighted by molar-refractivity contribution is 0.0246. The van der Waals surface area contributed by atoms with Crippen LogP contribution in [0.4, 0.5) is 0 Å². The minimum atomic E-state index is -0.436. The second-order valence-electron chi connectivity index (χ2n) is 8.82. The third kappa shape index (κ3) is 12.3. The van der Waals surface area contributed by atoms with Crippen molar-refractivity contribution in [2.45, 2.75) is 123 Å². The summed E-state index contributed by atoms with van der Waals surface area (Å²) in [5.41, 5.74) is 0.605. The van der Waals surface area contributed by atoms with Crippen LogP contribution in [0.15, 0.2) is 24.3 Å². The Labute approximate surface area is 196 Å². The van der Waals surface area contributed by atoms with Crippen LogP contribution in [0.3, 0.4) is 0 Å². The molecular formula is C28H46O4. The summed E-state index contributed by atoms with van der Waals surface area (Å²) in [5.74, 6) is -0.861.